The van der Waals surface area contributed by atoms with E-state index < -0.39 is 0 Å². The second-order valence-electron chi connectivity index (χ2n) is 6.18. The molecule has 0 saturated heterocycles. The topological polar surface area (TPSA) is 0 Å². The van der Waals surface area contributed by atoms with Crippen LogP contribution in [0.15, 0.2) is 0 Å². The first-order valence-corrected chi connectivity index (χ1v) is 6.44. The van der Waals surface area contributed by atoms with Crippen LogP contribution in [0.5, 0.6) is 0 Å². The molecule has 0 bridgehead atoms. The third kappa shape index (κ3) is 1.99. The predicted octanol–water partition coefficient (Wildman–Crippen LogP) is 5.03. The summed E-state index contributed by atoms with van der Waals surface area (Å²) in [5, 5.41) is 0. The number of unbranched alkanes of at least 4 members (excludes halogenated alkanes) is 1. The van der Waals surface area contributed by atoms with Gasteiger partial charge in [-0.2, -0.15) is 0 Å². The van der Waals surface area contributed by atoms with Crippen LogP contribution in [-0.4, -0.2) is 0 Å². The van der Waals surface area contributed by atoms with Crippen molar-refractivity contribution in [1.82, 2.24) is 0 Å². The van der Waals surface area contributed by atoms with Gasteiger partial charge in [0.25, 0.3) is 0 Å². The van der Waals surface area contributed by atoms with E-state index in [4.69, 9.17) is 0 Å². The van der Waals surface area contributed by atoms with Gasteiger partial charge in [-0.3, -0.25) is 0 Å². The van der Waals surface area contributed by atoms with E-state index in [1.807, 2.05) is 0 Å². The Bertz CT molecular complexity index is 180. The van der Waals surface area contributed by atoms with Gasteiger partial charge < -0.3 is 0 Å². The molecule has 0 heterocycles. The summed E-state index contributed by atoms with van der Waals surface area (Å²) in [6.07, 6.45) is 8.53. The molecule has 1 fully saturated rings. The Balaban J connectivity index is 2.73. The highest BCUT2D eigenvalue weighted by molar-refractivity contribution is 4.95. The molecule has 0 aromatic heterocycles. The molecule has 1 rings (SSSR count). The molecule has 2 atom stereocenters. The molecule has 14 heavy (non-hydrogen) atoms. The average molecular weight is 196 g/mol. The standard InChI is InChI=1S/C14H28/c1-6-7-10-14(5)11-8-9-12(2)13(14,3)4/h12H,6-11H2,1-5H3. The number of rotatable bonds is 3. The Morgan fingerprint density at radius 3 is 2.43 bits per heavy atom. The highest BCUT2D eigenvalue weighted by atomic mass is 14.5. The van der Waals surface area contributed by atoms with Crippen LogP contribution in [0.25, 0.3) is 0 Å². The molecule has 0 aliphatic heterocycles. The lowest BCUT2D eigenvalue weighted by atomic mass is 9.53. The molecule has 0 aromatic rings. The fourth-order valence-electron chi connectivity index (χ4n) is 3.09. The van der Waals surface area contributed by atoms with Crippen LogP contribution in [0.2, 0.25) is 0 Å². The summed E-state index contributed by atoms with van der Waals surface area (Å²) in [7, 11) is 0. The lowest BCUT2D eigenvalue weighted by molar-refractivity contribution is -0.0236. The molecule has 0 radical (unpaired) electrons. The number of hydrogen-bond donors (Lipinski definition) is 0. The van der Waals surface area contributed by atoms with Crippen LogP contribution in [0.3, 0.4) is 0 Å². The minimum Gasteiger partial charge on any atom is -0.0654 e. The average Bonchev–Trinajstić information content (AvgIpc) is 2.12. The van der Waals surface area contributed by atoms with E-state index in [2.05, 4.69) is 34.6 Å². The maximum absolute atomic E-state index is 2.53. The summed E-state index contributed by atoms with van der Waals surface area (Å²) in [6.45, 7) is 12.3. The lowest BCUT2D eigenvalue weighted by Crippen LogP contribution is -2.43. The first-order valence-electron chi connectivity index (χ1n) is 6.44. The van der Waals surface area contributed by atoms with Crippen LogP contribution in [-0.2, 0) is 0 Å². The van der Waals surface area contributed by atoms with E-state index in [1.54, 1.807) is 0 Å². The van der Waals surface area contributed by atoms with Crippen LogP contribution in [0.4, 0.5) is 0 Å². The van der Waals surface area contributed by atoms with Crippen molar-refractivity contribution in [3.63, 3.8) is 0 Å². The SMILES string of the molecule is CCCCC1(C)CCCC(C)C1(C)C. The van der Waals surface area contributed by atoms with Crippen LogP contribution >= 0.6 is 0 Å². The molecule has 1 saturated carbocycles. The summed E-state index contributed by atoms with van der Waals surface area (Å²) in [5.74, 6) is 0.901. The molecule has 0 heteroatoms. The maximum Gasteiger partial charge on any atom is -0.0272 e. The minimum absolute atomic E-state index is 0.542. The van der Waals surface area contributed by atoms with Crippen molar-refractivity contribution >= 4 is 0 Å². The Morgan fingerprint density at radius 2 is 1.86 bits per heavy atom. The monoisotopic (exact) mass is 196 g/mol. The smallest absolute Gasteiger partial charge is 0.0272 e. The predicted molar refractivity (Wildman–Crippen MR) is 64.4 cm³/mol. The van der Waals surface area contributed by atoms with E-state index >= 15 is 0 Å². The third-order valence-corrected chi connectivity index (χ3v) is 5.24. The highest BCUT2D eigenvalue weighted by Crippen LogP contribution is 2.55. The second-order valence-corrected chi connectivity index (χ2v) is 6.18. The van der Waals surface area contributed by atoms with Gasteiger partial charge in [-0.15, -0.1) is 0 Å². The normalized spacial score (nSPS) is 37.1. The summed E-state index contributed by atoms with van der Waals surface area (Å²) < 4.78 is 0. The van der Waals surface area contributed by atoms with Gasteiger partial charge in [0.2, 0.25) is 0 Å². The molecule has 0 N–H and O–H groups in total. The Kier molecular flexibility index (Phi) is 3.66. The molecule has 84 valence electrons. The fourth-order valence-corrected chi connectivity index (χ4v) is 3.09. The molecular weight excluding hydrogens is 168 g/mol. The van der Waals surface area contributed by atoms with Gasteiger partial charge in [0.05, 0.1) is 0 Å². The van der Waals surface area contributed by atoms with Crippen molar-refractivity contribution in [3.8, 4) is 0 Å². The minimum atomic E-state index is 0.542. The van der Waals surface area contributed by atoms with Crippen LogP contribution < -0.4 is 0 Å². The van der Waals surface area contributed by atoms with Gasteiger partial charge in [0.1, 0.15) is 0 Å². The lowest BCUT2D eigenvalue weighted by Gasteiger charge is -2.52. The molecule has 0 nitrogen and oxygen atoms in total. The van der Waals surface area contributed by atoms with Crippen LogP contribution in [0, 0.1) is 16.7 Å². The van der Waals surface area contributed by atoms with Gasteiger partial charge in [-0.1, -0.05) is 60.3 Å². The molecule has 0 amide bonds. The van der Waals surface area contributed by atoms with Crippen molar-refractivity contribution in [2.45, 2.75) is 73.1 Å². The van der Waals surface area contributed by atoms with E-state index in [0.29, 0.717) is 10.8 Å². The van der Waals surface area contributed by atoms with Gasteiger partial charge in [-0.25, -0.2) is 0 Å². The summed E-state index contributed by atoms with van der Waals surface area (Å²) in [4.78, 5) is 0. The summed E-state index contributed by atoms with van der Waals surface area (Å²) in [6, 6.07) is 0. The van der Waals surface area contributed by atoms with E-state index in [1.165, 1.54) is 38.5 Å². The van der Waals surface area contributed by atoms with Gasteiger partial charge in [0.15, 0.2) is 0 Å². The van der Waals surface area contributed by atoms with Crippen LogP contribution in [0.1, 0.15) is 73.1 Å². The van der Waals surface area contributed by atoms with Crippen molar-refractivity contribution in [2.75, 3.05) is 0 Å². The zero-order valence-corrected chi connectivity index (χ0v) is 10.8. The van der Waals surface area contributed by atoms with Gasteiger partial charge in [0, 0.05) is 0 Å². The van der Waals surface area contributed by atoms with Crippen molar-refractivity contribution in [2.24, 2.45) is 16.7 Å². The molecule has 1 aliphatic rings. The first kappa shape index (κ1) is 12.1. The zero-order chi connectivity index (χ0) is 10.8. The Morgan fingerprint density at radius 1 is 1.21 bits per heavy atom. The highest BCUT2D eigenvalue weighted by Gasteiger charge is 2.45. The molecular formula is C14H28. The largest absolute Gasteiger partial charge is 0.0654 e. The third-order valence-electron chi connectivity index (χ3n) is 5.24. The van der Waals surface area contributed by atoms with E-state index in [9.17, 15) is 0 Å². The van der Waals surface area contributed by atoms with E-state index in [-0.39, 0.29) is 0 Å². The molecule has 0 spiro atoms. The van der Waals surface area contributed by atoms with E-state index in [0.717, 1.165) is 5.92 Å². The summed E-state index contributed by atoms with van der Waals surface area (Å²) in [5.41, 5.74) is 1.14. The molecule has 1 aliphatic carbocycles. The second kappa shape index (κ2) is 4.24. The molecule has 0 aromatic carbocycles. The quantitative estimate of drug-likeness (QED) is 0.594. The Labute approximate surface area is 90.5 Å². The fraction of sp³-hybridized carbons (Fsp3) is 1.00. The van der Waals surface area contributed by atoms with Gasteiger partial charge >= 0.3 is 0 Å². The maximum atomic E-state index is 2.53. The molecule has 2 unspecified atom stereocenters. The van der Waals surface area contributed by atoms with Gasteiger partial charge in [-0.05, 0) is 29.6 Å². The summed E-state index contributed by atoms with van der Waals surface area (Å²) >= 11 is 0. The van der Waals surface area contributed by atoms with Crippen molar-refractivity contribution in [3.05, 3.63) is 0 Å². The number of hydrogen-bond acceptors (Lipinski definition) is 0. The van der Waals surface area contributed by atoms with Crippen molar-refractivity contribution < 1.29 is 0 Å². The Hall–Kier alpha value is 0. The first-order chi connectivity index (χ1) is 6.44. The van der Waals surface area contributed by atoms with Crippen molar-refractivity contribution in [1.29, 1.82) is 0 Å². The zero-order valence-electron chi connectivity index (χ0n) is 10.8.